The van der Waals surface area contributed by atoms with Gasteiger partial charge in [-0.2, -0.15) is 4.98 Å². The van der Waals surface area contributed by atoms with Crippen molar-refractivity contribution in [3.05, 3.63) is 67.2 Å². The second-order valence-electron chi connectivity index (χ2n) is 6.39. The Hall–Kier alpha value is -2.53. The van der Waals surface area contributed by atoms with Crippen LogP contribution in [0.2, 0.25) is 0 Å². The fourth-order valence-electron chi connectivity index (χ4n) is 3.36. The van der Waals surface area contributed by atoms with Crippen LogP contribution in [0.1, 0.15) is 32.1 Å². The molecule has 3 heterocycles. The first-order valence-corrected chi connectivity index (χ1v) is 8.60. The fourth-order valence-corrected chi connectivity index (χ4v) is 3.36. The van der Waals surface area contributed by atoms with Gasteiger partial charge in [-0.1, -0.05) is 35.0 Å². The molecular formula is C20H24N4O. The van der Waals surface area contributed by atoms with Gasteiger partial charge in [0.1, 0.15) is 5.69 Å². The van der Waals surface area contributed by atoms with Crippen LogP contribution in [0.4, 0.5) is 0 Å². The minimum Gasteiger partial charge on any atom is -0.337 e. The minimum atomic E-state index is 0.293. The lowest BCUT2D eigenvalue weighted by Gasteiger charge is -2.39. The standard InChI is InChI=1S/C20H24N4O/c1-4-8-16-12-15(3)13-17(9-5-2)24(16)14-19-22-20(23-25-19)18-10-6-7-11-21-18/h4-7,10-12,16-17H,1-2,8-9,13-14H2,3H3/t16-,17-/m0/s1. The summed E-state index contributed by atoms with van der Waals surface area (Å²) in [6.07, 6.45) is 10.8. The normalized spacial score (nSPS) is 20.9. The molecule has 25 heavy (non-hydrogen) atoms. The van der Waals surface area contributed by atoms with Gasteiger partial charge < -0.3 is 4.52 Å². The first-order chi connectivity index (χ1) is 12.2. The Labute approximate surface area is 148 Å². The van der Waals surface area contributed by atoms with Crippen LogP contribution in [-0.2, 0) is 6.54 Å². The van der Waals surface area contributed by atoms with E-state index in [1.54, 1.807) is 6.20 Å². The number of aromatic nitrogens is 3. The van der Waals surface area contributed by atoms with Crippen LogP contribution >= 0.6 is 0 Å². The molecule has 0 aromatic carbocycles. The number of hydrogen-bond donors (Lipinski definition) is 0. The van der Waals surface area contributed by atoms with Gasteiger partial charge in [0.05, 0.1) is 6.54 Å². The maximum Gasteiger partial charge on any atom is 0.241 e. The van der Waals surface area contributed by atoms with Crippen molar-refractivity contribution >= 4 is 0 Å². The van der Waals surface area contributed by atoms with Gasteiger partial charge in [0.2, 0.25) is 11.7 Å². The molecule has 5 heteroatoms. The first kappa shape index (κ1) is 17.3. The van der Waals surface area contributed by atoms with E-state index >= 15 is 0 Å². The van der Waals surface area contributed by atoms with Crippen LogP contribution in [0, 0.1) is 0 Å². The highest BCUT2D eigenvalue weighted by Crippen LogP contribution is 2.28. The summed E-state index contributed by atoms with van der Waals surface area (Å²) < 4.78 is 5.49. The predicted molar refractivity (Wildman–Crippen MR) is 98.7 cm³/mol. The smallest absolute Gasteiger partial charge is 0.241 e. The molecule has 0 radical (unpaired) electrons. The van der Waals surface area contributed by atoms with Crippen LogP contribution in [0.25, 0.3) is 11.5 Å². The molecule has 0 saturated carbocycles. The summed E-state index contributed by atoms with van der Waals surface area (Å²) in [7, 11) is 0. The quantitative estimate of drug-likeness (QED) is 0.710. The van der Waals surface area contributed by atoms with Gasteiger partial charge in [-0.3, -0.25) is 9.88 Å². The maximum atomic E-state index is 5.49. The van der Waals surface area contributed by atoms with Crippen molar-refractivity contribution in [2.45, 2.75) is 44.8 Å². The van der Waals surface area contributed by atoms with Gasteiger partial charge >= 0.3 is 0 Å². The van der Waals surface area contributed by atoms with E-state index in [4.69, 9.17) is 4.52 Å². The molecular weight excluding hydrogens is 312 g/mol. The van der Waals surface area contributed by atoms with E-state index in [9.17, 15) is 0 Å². The third-order valence-corrected chi connectivity index (χ3v) is 4.46. The van der Waals surface area contributed by atoms with E-state index in [1.165, 1.54) is 5.57 Å². The van der Waals surface area contributed by atoms with Crippen molar-refractivity contribution in [3.63, 3.8) is 0 Å². The molecule has 5 nitrogen and oxygen atoms in total. The van der Waals surface area contributed by atoms with Gasteiger partial charge in [-0.15, -0.1) is 13.2 Å². The molecule has 1 aliphatic heterocycles. The van der Waals surface area contributed by atoms with Crippen molar-refractivity contribution in [2.24, 2.45) is 0 Å². The van der Waals surface area contributed by atoms with E-state index in [-0.39, 0.29) is 0 Å². The first-order valence-electron chi connectivity index (χ1n) is 8.60. The summed E-state index contributed by atoms with van der Waals surface area (Å²) in [5.74, 6) is 1.14. The lowest BCUT2D eigenvalue weighted by molar-refractivity contribution is 0.121. The third kappa shape index (κ3) is 4.12. The number of pyridine rings is 1. The van der Waals surface area contributed by atoms with Crippen LogP contribution in [-0.4, -0.2) is 32.1 Å². The molecule has 0 bridgehead atoms. The molecule has 0 aliphatic carbocycles. The third-order valence-electron chi connectivity index (χ3n) is 4.46. The van der Waals surface area contributed by atoms with Gasteiger partial charge in [-0.25, -0.2) is 0 Å². The highest BCUT2D eigenvalue weighted by Gasteiger charge is 2.29. The zero-order chi connectivity index (χ0) is 17.6. The van der Waals surface area contributed by atoms with Crippen LogP contribution in [0.3, 0.4) is 0 Å². The summed E-state index contributed by atoms with van der Waals surface area (Å²) in [5.41, 5.74) is 2.13. The highest BCUT2D eigenvalue weighted by molar-refractivity contribution is 5.47. The monoisotopic (exact) mass is 336 g/mol. The van der Waals surface area contributed by atoms with Crippen molar-refractivity contribution in [3.8, 4) is 11.5 Å². The Morgan fingerprint density at radius 1 is 1.28 bits per heavy atom. The van der Waals surface area contributed by atoms with Gasteiger partial charge in [0, 0.05) is 18.3 Å². The lowest BCUT2D eigenvalue weighted by atomic mass is 9.92. The Morgan fingerprint density at radius 2 is 2.12 bits per heavy atom. The van der Waals surface area contributed by atoms with Crippen LogP contribution in [0.5, 0.6) is 0 Å². The fraction of sp³-hybridized carbons (Fsp3) is 0.350. The molecule has 3 rings (SSSR count). The van der Waals surface area contributed by atoms with E-state index in [1.807, 2.05) is 30.4 Å². The molecule has 2 aromatic rings. The average Bonchev–Trinajstić information content (AvgIpc) is 3.08. The summed E-state index contributed by atoms with van der Waals surface area (Å²) >= 11 is 0. The minimum absolute atomic E-state index is 0.293. The van der Waals surface area contributed by atoms with E-state index in [0.717, 1.165) is 25.0 Å². The number of hydrogen-bond acceptors (Lipinski definition) is 5. The van der Waals surface area contributed by atoms with Crippen molar-refractivity contribution < 1.29 is 4.52 Å². The maximum absolute atomic E-state index is 5.49. The number of rotatable bonds is 7. The molecule has 1 aliphatic rings. The van der Waals surface area contributed by atoms with Crippen LogP contribution < -0.4 is 0 Å². The molecule has 130 valence electrons. The van der Waals surface area contributed by atoms with Gasteiger partial charge in [0.15, 0.2) is 0 Å². The summed E-state index contributed by atoms with van der Waals surface area (Å²) in [5, 5.41) is 4.08. The van der Waals surface area contributed by atoms with Gasteiger partial charge in [0.25, 0.3) is 0 Å². The topological polar surface area (TPSA) is 55.1 Å². The van der Waals surface area contributed by atoms with E-state index in [2.05, 4.69) is 46.2 Å². The zero-order valence-corrected chi connectivity index (χ0v) is 14.6. The Balaban J connectivity index is 1.82. The van der Waals surface area contributed by atoms with Crippen molar-refractivity contribution in [1.29, 1.82) is 0 Å². The molecule has 2 atom stereocenters. The largest absolute Gasteiger partial charge is 0.337 e. The zero-order valence-electron chi connectivity index (χ0n) is 14.6. The molecule has 0 fully saturated rings. The number of nitrogens with zero attached hydrogens (tertiary/aromatic N) is 4. The average molecular weight is 336 g/mol. The second kappa shape index (κ2) is 8.03. The SMILES string of the molecule is C=CC[C@H]1CC(C)=C[C@H](CC=C)N1Cc1nc(-c2ccccn2)no1. The Morgan fingerprint density at radius 3 is 2.84 bits per heavy atom. The highest BCUT2D eigenvalue weighted by atomic mass is 16.5. The summed E-state index contributed by atoms with van der Waals surface area (Å²) in [4.78, 5) is 11.2. The summed E-state index contributed by atoms with van der Waals surface area (Å²) in [6.45, 7) is 10.6. The van der Waals surface area contributed by atoms with E-state index < -0.39 is 0 Å². The Bertz CT molecular complexity index is 750. The second-order valence-corrected chi connectivity index (χ2v) is 6.39. The summed E-state index contributed by atoms with van der Waals surface area (Å²) in [6, 6.07) is 6.34. The Kier molecular flexibility index (Phi) is 5.56. The van der Waals surface area contributed by atoms with Crippen molar-refractivity contribution in [2.75, 3.05) is 0 Å². The van der Waals surface area contributed by atoms with Crippen LogP contribution in [0.15, 0.2) is 65.9 Å². The molecule has 0 spiro atoms. The van der Waals surface area contributed by atoms with Gasteiger partial charge in [-0.05, 0) is 38.3 Å². The molecule has 2 aromatic heterocycles. The molecule has 0 N–H and O–H groups in total. The lowest BCUT2D eigenvalue weighted by Crippen LogP contribution is -2.44. The molecule has 0 amide bonds. The molecule has 0 unspecified atom stereocenters. The molecule has 0 saturated heterocycles. The predicted octanol–water partition coefficient (Wildman–Crippen LogP) is 4.17. The van der Waals surface area contributed by atoms with Crippen molar-refractivity contribution in [1.82, 2.24) is 20.0 Å². The van der Waals surface area contributed by atoms with E-state index in [0.29, 0.717) is 30.3 Å².